The summed E-state index contributed by atoms with van der Waals surface area (Å²) < 4.78 is 7.31. The van der Waals surface area contributed by atoms with Gasteiger partial charge < -0.3 is 9.09 Å². The van der Waals surface area contributed by atoms with Crippen LogP contribution in [-0.2, 0) is 13.0 Å². The first-order valence-electron chi connectivity index (χ1n) is 9.45. The van der Waals surface area contributed by atoms with E-state index < -0.39 is 0 Å². The van der Waals surface area contributed by atoms with Gasteiger partial charge in [-0.1, -0.05) is 29.4 Å². The maximum absolute atomic E-state index is 12.8. The molecule has 0 aliphatic carbocycles. The van der Waals surface area contributed by atoms with Crippen LogP contribution in [0.3, 0.4) is 0 Å². The summed E-state index contributed by atoms with van der Waals surface area (Å²) in [5.41, 5.74) is 2.95. The van der Waals surface area contributed by atoms with Crippen LogP contribution < -0.4 is 5.32 Å². The zero-order valence-corrected chi connectivity index (χ0v) is 16.7. The average molecular weight is 415 g/mol. The average Bonchev–Trinajstić information content (AvgIpc) is 3.52. The zero-order chi connectivity index (χ0) is 20.3. The molecule has 8 heteroatoms. The van der Waals surface area contributed by atoms with Gasteiger partial charge in [0, 0.05) is 30.9 Å². The highest BCUT2D eigenvalue weighted by Gasteiger charge is 2.18. The van der Waals surface area contributed by atoms with Crippen molar-refractivity contribution in [1.82, 2.24) is 19.7 Å². The minimum absolute atomic E-state index is 0.210. The molecule has 4 aromatic heterocycles. The van der Waals surface area contributed by atoms with Crippen LogP contribution >= 0.6 is 11.3 Å². The molecule has 148 valence electrons. The molecule has 1 N–H and O–H groups in total. The Hall–Kier alpha value is -3.78. The van der Waals surface area contributed by atoms with E-state index >= 15 is 0 Å². The highest BCUT2D eigenvalue weighted by molar-refractivity contribution is 7.13. The molecule has 30 heavy (non-hydrogen) atoms. The van der Waals surface area contributed by atoms with E-state index in [0.717, 1.165) is 28.0 Å². The molecule has 5 aromatic rings. The summed E-state index contributed by atoms with van der Waals surface area (Å²) in [4.78, 5) is 22.7. The van der Waals surface area contributed by atoms with Gasteiger partial charge in [0.05, 0.1) is 15.9 Å². The number of rotatable bonds is 6. The normalized spacial score (nSPS) is 11.1. The second-order valence-corrected chi connectivity index (χ2v) is 7.60. The Kier molecular flexibility index (Phi) is 4.82. The molecule has 0 aliphatic rings. The van der Waals surface area contributed by atoms with Gasteiger partial charge in [0.15, 0.2) is 11.5 Å². The number of hydrogen-bond acceptors (Lipinski definition) is 6. The minimum atomic E-state index is -0.365. The van der Waals surface area contributed by atoms with Gasteiger partial charge in [-0.05, 0) is 35.7 Å². The molecule has 7 nitrogen and oxygen atoms in total. The molecule has 0 saturated carbocycles. The standard InChI is InChI=1S/C22H17N5O2S/c28-21(17-14-19(29-26-17)20-9-5-13-30-20)25-22-24-16-7-1-2-8-18(16)27(22)12-10-15-6-3-4-11-23-15/h1-9,11,13-14H,10,12H2,(H,24,25,28). The quantitative estimate of drug-likeness (QED) is 0.437. The largest absolute Gasteiger partial charge is 0.355 e. The molecular formula is C22H17N5O2S. The zero-order valence-electron chi connectivity index (χ0n) is 15.9. The molecule has 0 fully saturated rings. The molecule has 5 rings (SSSR count). The van der Waals surface area contributed by atoms with Crippen molar-refractivity contribution in [3.8, 4) is 10.6 Å². The molecule has 1 aromatic carbocycles. The summed E-state index contributed by atoms with van der Waals surface area (Å²) in [5.74, 6) is 0.674. The lowest BCUT2D eigenvalue weighted by Gasteiger charge is -2.09. The number of para-hydroxylation sites is 2. The van der Waals surface area contributed by atoms with E-state index in [1.54, 1.807) is 12.3 Å². The number of thiophene rings is 1. The second kappa shape index (κ2) is 7.92. The molecule has 4 heterocycles. The molecule has 0 saturated heterocycles. The first-order valence-corrected chi connectivity index (χ1v) is 10.3. The van der Waals surface area contributed by atoms with E-state index in [0.29, 0.717) is 18.3 Å². The van der Waals surface area contributed by atoms with E-state index in [1.807, 2.05) is 64.5 Å². The van der Waals surface area contributed by atoms with Crippen LogP contribution in [0.25, 0.3) is 21.7 Å². The highest BCUT2D eigenvalue weighted by Crippen LogP contribution is 2.26. The molecule has 1 amide bonds. The van der Waals surface area contributed by atoms with Crippen molar-refractivity contribution in [2.24, 2.45) is 0 Å². The first-order chi connectivity index (χ1) is 14.8. The number of fused-ring (bicyclic) bond motifs is 1. The number of imidazole rings is 1. The van der Waals surface area contributed by atoms with Gasteiger partial charge >= 0.3 is 0 Å². The lowest BCUT2D eigenvalue weighted by atomic mass is 10.2. The van der Waals surface area contributed by atoms with E-state index in [2.05, 4.69) is 20.4 Å². The van der Waals surface area contributed by atoms with Gasteiger partial charge in [0.2, 0.25) is 5.95 Å². The number of aromatic nitrogens is 4. The molecule has 0 radical (unpaired) electrons. The lowest BCUT2D eigenvalue weighted by Crippen LogP contribution is -2.17. The molecule has 0 spiro atoms. The summed E-state index contributed by atoms with van der Waals surface area (Å²) >= 11 is 1.53. The fraction of sp³-hybridized carbons (Fsp3) is 0.0909. The van der Waals surface area contributed by atoms with Crippen molar-refractivity contribution in [3.63, 3.8) is 0 Å². The molecular weight excluding hydrogens is 398 g/mol. The van der Waals surface area contributed by atoms with Crippen molar-refractivity contribution in [3.05, 3.63) is 83.6 Å². The fourth-order valence-corrected chi connectivity index (χ4v) is 3.93. The number of carbonyl (C=O) groups is 1. The minimum Gasteiger partial charge on any atom is -0.355 e. The van der Waals surface area contributed by atoms with Gasteiger partial charge in [-0.2, -0.15) is 0 Å². The Balaban J connectivity index is 1.41. The predicted octanol–water partition coefficient (Wildman–Crippen LogP) is 4.64. The third kappa shape index (κ3) is 3.60. The van der Waals surface area contributed by atoms with Gasteiger partial charge in [-0.15, -0.1) is 11.3 Å². The Labute approximate surface area is 176 Å². The Morgan fingerprint density at radius 3 is 2.83 bits per heavy atom. The van der Waals surface area contributed by atoms with Gasteiger partial charge in [-0.3, -0.25) is 15.1 Å². The molecule has 0 aliphatic heterocycles. The smallest absolute Gasteiger partial charge is 0.280 e. The van der Waals surface area contributed by atoms with E-state index in [1.165, 1.54) is 11.3 Å². The van der Waals surface area contributed by atoms with Crippen molar-refractivity contribution < 1.29 is 9.32 Å². The summed E-state index contributed by atoms with van der Waals surface area (Å²) in [6.45, 7) is 0.631. The van der Waals surface area contributed by atoms with Gasteiger partial charge in [0.1, 0.15) is 0 Å². The number of aryl methyl sites for hydroxylation is 2. The Morgan fingerprint density at radius 2 is 2.00 bits per heavy atom. The Morgan fingerprint density at radius 1 is 1.10 bits per heavy atom. The highest BCUT2D eigenvalue weighted by atomic mass is 32.1. The fourth-order valence-electron chi connectivity index (χ4n) is 3.25. The van der Waals surface area contributed by atoms with Crippen LogP contribution in [0.4, 0.5) is 5.95 Å². The lowest BCUT2D eigenvalue weighted by molar-refractivity contribution is 0.101. The Bertz CT molecular complexity index is 1290. The van der Waals surface area contributed by atoms with Crippen LogP contribution in [0, 0.1) is 0 Å². The van der Waals surface area contributed by atoms with Crippen molar-refractivity contribution in [2.75, 3.05) is 5.32 Å². The van der Waals surface area contributed by atoms with Crippen LogP contribution in [-0.4, -0.2) is 25.6 Å². The molecule has 0 atom stereocenters. The van der Waals surface area contributed by atoms with Crippen molar-refractivity contribution in [1.29, 1.82) is 0 Å². The monoisotopic (exact) mass is 415 g/mol. The number of amides is 1. The van der Waals surface area contributed by atoms with Crippen molar-refractivity contribution >= 4 is 34.2 Å². The number of nitrogens with zero attached hydrogens (tertiary/aromatic N) is 4. The first kappa shape index (κ1) is 18.3. The number of hydrogen-bond donors (Lipinski definition) is 1. The number of anilines is 1. The third-order valence-electron chi connectivity index (χ3n) is 4.70. The number of benzene rings is 1. The molecule has 0 unspecified atom stereocenters. The SMILES string of the molecule is O=C(Nc1nc2ccccc2n1CCc1ccccn1)c1cc(-c2cccs2)on1. The maximum atomic E-state index is 12.8. The number of carbonyl (C=O) groups excluding carboxylic acids is 1. The van der Waals surface area contributed by atoms with Crippen molar-refractivity contribution in [2.45, 2.75) is 13.0 Å². The second-order valence-electron chi connectivity index (χ2n) is 6.65. The number of pyridine rings is 1. The molecule has 0 bridgehead atoms. The summed E-state index contributed by atoms with van der Waals surface area (Å²) in [6, 6.07) is 19.1. The number of nitrogens with one attached hydrogen (secondary N) is 1. The van der Waals surface area contributed by atoms with E-state index in [-0.39, 0.29) is 11.6 Å². The summed E-state index contributed by atoms with van der Waals surface area (Å²) in [6.07, 6.45) is 2.50. The van der Waals surface area contributed by atoms with E-state index in [4.69, 9.17) is 4.52 Å². The van der Waals surface area contributed by atoms with Crippen LogP contribution in [0.2, 0.25) is 0 Å². The summed E-state index contributed by atoms with van der Waals surface area (Å²) in [7, 11) is 0. The van der Waals surface area contributed by atoms with Crippen LogP contribution in [0.1, 0.15) is 16.2 Å². The van der Waals surface area contributed by atoms with Gasteiger partial charge in [0.25, 0.3) is 5.91 Å². The van der Waals surface area contributed by atoms with Crippen LogP contribution in [0.15, 0.2) is 76.8 Å². The van der Waals surface area contributed by atoms with Crippen LogP contribution in [0.5, 0.6) is 0 Å². The maximum Gasteiger partial charge on any atom is 0.280 e. The topological polar surface area (TPSA) is 85.8 Å². The van der Waals surface area contributed by atoms with Gasteiger partial charge in [-0.25, -0.2) is 4.98 Å². The third-order valence-corrected chi connectivity index (χ3v) is 5.59. The van der Waals surface area contributed by atoms with E-state index in [9.17, 15) is 4.79 Å². The predicted molar refractivity (Wildman–Crippen MR) is 115 cm³/mol. The summed E-state index contributed by atoms with van der Waals surface area (Å²) in [5, 5.41) is 8.75.